The van der Waals surface area contributed by atoms with Gasteiger partial charge >= 0.3 is 0 Å². The van der Waals surface area contributed by atoms with Crippen molar-refractivity contribution in [3.8, 4) is 0 Å². The summed E-state index contributed by atoms with van der Waals surface area (Å²) in [6, 6.07) is 0. The number of imidazole rings is 1. The van der Waals surface area contributed by atoms with Crippen LogP contribution in [0.3, 0.4) is 0 Å². The van der Waals surface area contributed by atoms with Gasteiger partial charge in [-0.2, -0.15) is 0 Å². The fraction of sp³-hybridized carbons (Fsp3) is 0.545. The Morgan fingerprint density at radius 2 is 2.35 bits per heavy atom. The zero-order valence-corrected chi connectivity index (χ0v) is 9.52. The van der Waals surface area contributed by atoms with E-state index in [0.717, 1.165) is 37.2 Å². The van der Waals surface area contributed by atoms with Gasteiger partial charge in [-0.3, -0.25) is 0 Å². The summed E-state index contributed by atoms with van der Waals surface area (Å²) in [6.07, 6.45) is 5.97. The number of aromatic amines is 1. The minimum Gasteiger partial charge on any atom is -0.382 e. The van der Waals surface area contributed by atoms with E-state index >= 15 is 0 Å². The van der Waals surface area contributed by atoms with Gasteiger partial charge in [0.05, 0.1) is 6.10 Å². The van der Waals surface area contributed by atoms with Crippen LogP contribution in [0.15, 0.2) is 6.33 Å². The van der Waals surface area contributed by atoms with Crippen molar-refractivity contribution in [2.75, 3.05) is 12.3 Å². The van der Waals surface area contributed by atoms with Gasteiger partial charge < -0.3 is 15.5 Å². The maximum Gasteiger partial charge on any atom is 0.183 e. The van der Waals surface area contributed by atoms with Gasteiger partial charge in [-0.05, 0) is 19.3 Å². The molecule has 1 fully saturated rings. The Labute approximate surface area is 98.6 Å². The van der Waals surface area contributed by atoms with Gasteiger partial charge in [0.15, 0.2) is 11.5 Å². The summed E-state index contributed by atoms with van der Waals surface area (Å²) in [5.41, 5.74) is 7.10. The summed E-state index contributed by atoms with van der Waals surface area (Å²) in [4.78, 5) is 15.6. The number of rotatable bonds is 2. The molecule has 0 amide bonds. The summed E-state index contributed by atoms with van der Waals surface area (Å²) >= 11 is 0. The van der Waals surface area contributed by atoms with Crippen LogP contribution in [0.25, 0.3) is 11.2 Å². The van der Waals surface area contributed by atoms with Gasteiger partial charge in [0.1, 0.15) is 17.7 Å². The molecule has 17 heavy (non-hydrogen) atoms. The molecule has 1 unspecified atom stereocenters. The van der Waals surface area contributed by atoms with E-state index in [1.54, 1.807) is 0 Å². The molecule has 3 heterocycles. The molecule has 0 radical (unpaired) electrons. The molecule has 0 bridgehead atoms. The first-order chi connectivity index (χ1) is 8.33. The SMILES string of the molecule is Nc1ncnc2nc(CC3CCCCO3)[nH]c12. The van der Waals surface area contributed by atoms with Crippen molar-refractivity contribution in [2.24, 2.45) is 0 Å². The molecule has 90 valence electrons. The Morgan fingerprint density at radius 1 is 1.41 bits per heavy atom. The highest BCUT2D eigenvalue weighted by Crippen LogP contribution is 2.18. The van der Waals surface area contributed by atoms with E-state index in [1.165, 1.54) is 12.7 Å². The third-order valence-corrected chi connectivity index (χ3v) is 3.06. The monoisotopic (exact) mass is 233 g/mol. The lowest BCUT2D eigenvalue weighted by Gasteiger charge is -2.21. The molecule has 0 saturated carbocycles. The molecular weight excluding hydrogens is 218 g/mol. The molecule has 1 atom stereocenters. The Bertz CT molecular complexity index is 518. The summed E-state index contributed by atoms with van der Waals surface area (Å²) in [5.74, 6) is 1.32. The molecule has 0 aliphatic carbocycles. The molecule has 1 aliphatic heterocycles. The smallest absolute Gasteiger partial charge is 0.183 e. The van der Waals surface area contributed by atoms with Crippen LogP contribution in [0.4, 0.5) is 5.82 Å². The normalized spacial score (nSPS) is 20.8. The summed E-state index contributed by atoms with van der Waals surface area (Å²) in [5, 5.41) is 0. The van der Waals surface area contributed by atoms with Gasteiger partial charge in [0.2, 0.25) is 0 Å². The summed E-state index contributed by atoms with van der Waals surface area (Å²) < 4.78 is 5.68. The van der Waals surface area contributed by atoms with Crippen molar-refractivity contribution in [2.45, 2.75) is 31.8 Å². The van der Waals surface area contributed by atoms with Crippen molar-refractivity contribution >= 4 is 17.0 Å². The Kier molecular flexibility index (Phi) is 2.64. The quantitative estimate of drug-likeness (QED) is 0.809. The number of nitrogens with one attached hydrogen (secondary N) is 1. The van der Waals surface area contributed by atoms with Crippen molar-refractivity contribution in [3.63, 3.8) is 0 Å². The summed E-state index contributed by atoms with van der Waals surface area (Å²) in [6.45, 7) is 0.854. The molecule has 1 saturated heterocycles. The van der Waals surface area contributed by atoms with Crippen LogP contribution >= 0.6 is 0 Å². The number of anilines is 1. The Morgan fingerprint density at radius 3 is 3.12 bits per heavy atom. The highest BCUT2D eigenvalue weighted by Gasteiger charge is 2.17. The van der Waals surface area contributed by atoms with Crippen LogP contribution in [-0.2, 0) is 11.2 Å². The lowest BCUT2D eigenvalue weighted by Crippen LogP contribution is -2.21. The maximum atomic E-state index is 5.75. The van der Waals surface area contributed by atoms with E-state index in [2.05, 4.69) is 19.9 Å². The first-order valence-corrected chi connectivity index (χ1v) is 5.89. The van der Waals surface area contributed by atoms with Gasteiger partial charge in [-0.15, -0.1) is 0 Å². The number of hydrogen-bond donors (Lipinski definition) is 2. The van der Waals surface area contributed by atoms with Crippen molar-refractivity contribution in [1.82, 2.24) is 19.9 Å². The maximum absolute atomic E-state index is 5.75. The average molecular weight is 233 g/mol. The second-order valence-corrected chi connectivity index (χ2v) is 4.33. The molecule has 3 rings (SSSR count). The molecule has 1 aliphatic rings. The molecule has 3 N–H and O–H groups in total. The number of hydrogen-bond acceptors (Lipinski definition) is 5. The number of nitrogens with zero attached hydrogens (tertiary/aromatic N) is 3. The lowest BCUT2D eigenvalue weighted by atomic mass is 10.1. The summed E-state index contributed by atoms with van der Waals surface area (Å²) in [7, 11) is 0. The van der Waals surface area contributed by atoms with Gasteiger partial charge in [0.25, 0.3) is 0 Å². The lowest BCUT2D eigenvalue weighted by molar-refractivity contribution is 0.0158. The van der Waals surface area contributed by atoms with Crippen LogP contribution in [0.5, 0.6) is 0 Å². The highest BCUT2D eigenvalue weighted by atomic mass is 16.5. The molecule has 6 heteroatoms. The minimum absolute atomic E-state index is 0.262. The predicted molar refractivity (Wildman–Crippen MR) is 63.4 cm³/mol. The molecule has 2 aromatic rings. The van der Waals surface area contributed by atoms with Crippen molar-refractivity contribution < 1.29 is 4.74 Å². The molecule has 0 spiro atoms. The zero-order valence-electron chi connectivity index (χ0n) is 9.52. The minimum atomic E-state index is 0.262. The van der Waals surface area contributed by atoms with Gasteiger partial charge in [0, 0.05) is 13.0 Å². The highest BCUT2D eigenvalue weighted by molar-refractivity contribution is 5.80. The second-order valence-electron chi connectivity index (χ2n) is 4.33. The van der Waals surface area contributed by atoms with Crippen LogP contribution in [0.1, 0.15) is 25.1 Å². The first-order valence-electron chi connectivity index (χ1n) is 5.89. The Hall–Kier alpha value is -1.69. The van der Waals surface area contributed by atoms with E-state index in [0.29, 0.717) is 11.5 Å². The van der Waals surface area contributed by atoms with Gasteiger partial charge in [-0.25, -0.2) is 15.0 Å². The number of H-pyrrole nitrogens is 1. The second kappa shape index (κ2) is 4.29. The van der Waals surface area contributed by atoms with Gasteiger partial charge in [-0.1, -0.05) is 0 Å². The molecule has 2 aromatic heterocycles. The fourth-order valence-electron chi connectivity index (χ4n) is 2.17. The van der Waals surface area contributed by atoms with E-state index < -0.39 is 0 Å². The topological polar surface area (TPSA) is 89.7 Å². The van der Waals surface area contributed by atoms with Crippen molar-refractivity contribution in [3.05, 3.63) is 12.2 Å². The first kappa shape index (κ1) is 10.5. The van der Waals surface area contributed by atoms with E-state index in [4.69, 9.17) is 10.5 Å². The van der Waals surface area contributed by atoms with E-state index in [9.17, 15) is 0 Å². The third kappa shape index (κ3) is 2.08. The standard InChI is InChI=1S/C11H15N5O/c12-10-9-11(14-6-13-10)16-8(15-9)5-7-3-1-2-4-17-7/h6-7H,1-5H2,(H3,12,13,14,15,16). The van der Waals surface area contributed by atoms with Crippen LogP contribution < -0.4 is 5.73 Å². The van der Waals surface area contributed by atoms with Crippen LogP contribution in [-0.4, -0.2) is 32.6 Å². The van der Waals surface area contributed by atoms with E-state index in [1.807, 2.05) is 0 Å². The fourth-order valence-corrected chi connectivity index (χ4v) is 2.17. The predicted octanol–water partition coefficient (Wildman–Crippen LogP) is 1.05. The third-order valence-electron chi connectivity index (χ3n) is 3.06. The largest absolute Gasteiger partial charge is 0.382 e. The molecule has 0 aromatic carbocycles. The number of nitrogens with two attached hydrogens (primary N) is 1. The van der Waals surface area contributed by atoms with E-state index in [-0.39, 0.29) is 6.10 Å². The average Bonchev–Trinajstić information content (AvgIpc) is 2.74. The molecule has 6 nitrogen and oxygen atoms in total. The number of ether oxygens (including phenoxy) is 1. The number of fused-ring (bicyclic) bond motifs is 1. The number of aromatic nitrogens is 4. The van der Waals surface area contributed by atoms with Crippen LogP contribution in [0, 0.1) is 0 Å². The van der Waals surface area contributed by atoms with Crippen molar-refractivity contribution in [1.29, 1.82) is 0 Å². The van der Waals surface area contributed by atoms with Crippen LogP contribution in [0.2, 0.25) is 0 Å². The Balaban J connectivity index is 1.83. The number of nitrogen functional groups attached to an aromatic ring is 1. The molecular formula is C11H15N5O. The zero-order chi connectivity index (χ0) is 11.7.